The molecule has 0 aliphatic rings. The quantitative estimate of drug-likeness (QED) is 0.137. The molecule has 0 aliphatic carbocycles. The monoisotopic (exact) mass is 548 g/mol. The van der Waals surface area contributed by atoms with Crippen molar-refractivity contribution in [3.63, 3.8) is 0 Å². The van der Waals surface area contributed by atoms with Gasteiger partial charge in [0.1, 0.15) is 23.9 Å². The topological polar surface area (TPSA) is 129 Å². The Labute approximate surface area is 232 Å². The van der Waals surface area contributed by atoms with E-state index in [9.17, 15) is 19.5 Å². The lowest BCUT2D eigenvalue weighted by Gasteiger charge is -2.15. The second kappa shape index (κ2) is 15.7. The Kier molecular flexibility index (Phi) is 11.7. The van der Waals surface area contributed by atoms with Crippen LogP contribution < -0.4 is 14.2 Å². The molecule has 1 atom stereocenters. The summed E-state index contributed by atoms with van der Waals surface area (Å²) in [5.74, 6) is -0.458. The average Bonchev–Trinajstić information content (AvgIpc) is 2.95. The number of carbonyl (C=O) groups is 3. The van der Waals surface area contributed by atoms with E-state index in [1.807, 2.05) is 24.3 Å². The standard InChI is InChI=1S/C31H32O9/c1-37-25-11-13-26(14-12-25)38-16-2-3-17-39-29(31(35)36)21-40-27-9-5-6-22(19-27)10-15-28(32)24-8-4-7-23(18-24)20-30(33)34/h4-15,18-19,29H,2-3,16-17,20-21H2,1H3,(H,33,34)(H,35,36)/b15-10+. The van der Waals surface area contributed by atoms with Gasteiger partial charge < -0.3 is 29.2 Å². The molecule has 0 bridgehead atoms. The first-order chi connectivity index (χ1) is 19.3. The number of allylic oxidation sites excluding steroid dienone is 1. The molecule has 0 saturated carbocycles. The lowest BCUT2D eigenvalue weighted by Crippen LogP contribution is -2.31. The van der Waals surface area contributed by atoms with Crippen molar-refractivity contribution in [2.24, 2.45) is 0 Å². The van der Waals surface area contributed by atoms with Gasteiger partial charge in [0.25, 0.3) is 0 Å². The summed E-state index contributed by atoms with van der Waals surface area (Å²) in [4.78, 5) is 35.1. The van der Waals surface area contributed by atoms with Crippen molar-refractivity contribution < 1.29 is 43.5 Å². The van der Waals surface area contributed by atoms with Crippen LogP contribution >= 0.6 is 0 Å². The van der Waals surface area contributed by atoms with Gasteiger partial charge in [-0.2, -0.15) is 0 Å². The third kappa shape index (κ3) is 10.3. The third-order valence-electron chi connectivity index (χ3n) is 5.71. The van der Waals surface area contributed by atoms with Crippen LogP contribution in [0.2, 0.25) is 0 Å². The maximum atomic E-state index is 12.5. The summed E-state index contributed by atoms with van der Waals surface area (Å²) >= 11 is 0. The Morgan fingerprint density at radius 1 is 0.825 bits per heavy atom. The van der Waals surface area contributed by atoms with Crippen LogP contribution in [0.3, 0.4) is 0 Å². The van der Waals surface area contributed by atoms with Crippen molar-refractivity contribution in [1.29, 1.82) is 0 Å². The van der Waals surface area contributed by atoms with Gasteiger partial charge in [-0.15, -0.1) is 0 Å². The third-order valence-corrected chi connectivity index (χ3v) is 5.71. The second-order valence-corrected chi connectivity index (χ2v) is 8.78. The molecule has 9 heteroatoms. The molecular weight excluding hydrogens is 516 g/mol. The zero-order chi connectivity index (χ0) is 28.7. The second-order valence-electron chi connectivity index (χ2n) is 8.78. The Bertz CT molecular complexity index is 1300. The van der Waals surface area contributed by atoms with E-state index < -0.39 is 18.0 Å². The summed E-state index contributed by atoms with van der Waals surface area (Å²) in [6.45, 7) is 0.533. The van der Waals surface area contributed by atoms with Gasteiger partial charge in [-0.25, -0.2) is 4.79 Å². The SMILES string of the molecule is COc1ccc(OCCCCOC(COc2cccc(/C=C/C(=O)c3cccc(CC(=O)O)c3)c2)C(=O)O)cc1. The number of aliphatic carboxylic acids is 2. The van der Waals surface area contributed by atoms with Crippen molar-refractivity contribution in [2.45, 2.75) is 25.4 Å². The molecule has 0 saturated heterocycles. The number of unbranched alkanes of at least 4 members (excludes halogenated alkanes) is 1. The van der Waals surface area contributed by atoms with Gasteiger partial charge >= 0.3 is 11.9 Å². The van der Waals surface area contributed by atoms with Crippen molar-refractivity contribution in [1.82, 2.24) is 0 Å². The predicted octanol–water partition coefficient (Wildman–Crippen LogP) is 4.93. The van der Waals surface area contributed by atoms with Crippen molar-refractivity contribution in [3.8, 4) is 17.2 Å². The highest BCUT2D eigenvalue weighted by molar-refractivity contribution is 6.07. The van der Waals surface area contributed by atoms with E-state index in [4.69, 9.17) is 24.1 Å². The number of carbonyl (C=O) groups excluding carboxylic acids is 1. The summed E-state index contributed by atoms with van der Waals surface area (Å²) in [5, 5.41) is 18.4. The molecule has 3 aromatic rings. The summed E-state index contributed by atoms with van der Waals surface area (Å²) in [7, 11) is 1.60. The molecule has 210 valence electrons. The molecule has 2 N–H and O–H groups in total. The molecule has 0 aliphatic heterocycles. The van der Waals surface area contributed by atoms with Crippen molar-refractivity contribution >= 4 is 23.8 Å². The van der Waals surface area contributed by atoms with Crippen LogP contribution in [0.4, 0.5) is 0 Å². The number of hydrogen-bond acceptors (Lipinski definition) is 7. The number of ketones is 1. The van der Waals surface area contributed by atoms with E-state index >= 15 is 0 Å². The van der Waals surface area contributed by atoms with Crippen LogP contribution in [0, 0.1) is 0 Å². The van der Waals surface area contributed by atoms with Crippen LogP contribution in [0.25, 0.3) is 6.08 Å². The Hall–Kier alpha value is -4.63. The molecule has 0 amide bonds. The summed E-state index contributed by atoms with van der Waals surface area (Å²) in [5.41, 5.74) is 1.60. The van der Waals surface area contributed by atoms with Gasteiger partial charge in [-0.3, -0.25) is 9.59 Å². The highest BCUT2D eigenvalue weighted by Crippen LogP contribution is 2.18. The molecule has 3 aromatic carbocycles. The Morgan fingerprint density at radius 3 is 2.27 bits per heavy atom. The van der Waals surface area contributed by atoms with Gasteiger partial charge in [0.2, 0.25) is 0 Å². The average molecular weight is 549 g/mol. The normalized spacial score (nSPS) is 11.6. The van der Waals surface area contributed by atoms with Gasteiger partial charge in [-0.1, -0.05) is 36.4 Å². The highest BCUT2D eigenvalue weighted by Gasteiger charge is 2.19. The van der Waals surface area contributed by atoms with E-state index in [0.717, 1.165) is 11.5 Å². The lowest BCUT2D eigenvalue weighted by molar-refractivity contribution is -0.152. The molecule has 0 heterocycles. The lowest BCUT2D eigenvalue weighted by atomic mass is 10.0. The maximum Gasteiger partial charge on any atom is 0.336 e. The Balaban J connectivity index is 1.43. The van der Waals surface area contributed by atoms with E-state index in [2.05, 4.69) is 0 Å². The zero-order valence-electron chi connectivity index (χ0n) is 22.2. The number of benzene rings is 3. The minimum atomic E-state index is -1.14. The van der Waals surface area contributed by atoms with E-state index in [0.29, 0.717) is 41.9 Å². The first kappa shape index (κ1) is 29.9. The first-order valence-electron chi connectivity index (χ1n) is 12.7. The molecule has 40 heavy (non-hydrogen) atoms. The largest absolute Gasteiger partial charge is 0.497 e. The zero-order valence-corrected chi connectivity index (χ0v) is 22.2. The fraction of sp³-hybridized carbons (Fsp3) is 0.258. The van der Waals surface area contributed by atoms with E-state index in [1.165, 1.54) is 6.08 Å². The summed E-state index contributed by atoms with van der Waals surface area (Å²) in [6, 6.07) is 20.6. The molecule has 0 radical (unpaired) electrons. The van der Waals surface area contributed by atoms with Gasteiger partial charge in [0, 0.05) is 12.2 Å². The molecule has 9 nitrogen and oxygen atoms in total. The van der Waals surface area contributed by atoms with Gasteiger partial charge in [0.15, 0.2) is 11.9 Å². The predicted molar refractivity (Wildman–Crippen MR) is 148 cm³/mol. The maximum absolute atomic E-state index is 12.5. The van der Waals surface area contributed by atoms with Crippen LogP contribution in [-0.2, 0) is 20.7 Å². The highest BCUT2D eigenvalue weighted by atomic mass is 16.5. The van der Waals surface area contributed by atoms with Crippen LogP contribution in [0.5, 0.6) is 17.2 Å². The molecule has 0 aromatic heterocycles. The minimum Gasteiger partial charge on any atom is -0.497 e. The number of methoxy groups -OCH3 is 1. The first-order valence-corrected chi connectivity index (χ1v) is 12.7. The number of ether oxygens (including phenoxy) is 4. The molecule has 1 unspecified atom stereocenters. The molecular formula is C31H32O9. The number of rotatable bonds is 17. The van der Waals surface area contributed by atoms with Crippen LogP contribution in [-0.4, -0.2) is 61.0 Å². The van der Waals surface area contributed by atoms with Crippen LogP contribution in [0.1, 0.15) is 34.3 Å². The fourth-order valence-electron chi connectivity index (χ4n) is 3.64. The molecule has 3 rings (SSSR count). The van der Waals surface area contributed by atoms with Crippen LogP contribution in [0.15, 0.2) is 78.9 Å². The van der Waals surface area contributed by atoms with E-state index in [-0.39, 0.29) is 25.4 Å². The van der Waals surface area contributed by atoms with Crippen molar-refractivity contribution in [2.75, 3.05) is 26.9 Å². The molecule has 0 spiro atoms. The summed E-state index contributed by atoms with van der Waals surface area (Å²) in [6.07, 6.45) is 3.01. The molecule has 0 fully saturated rings. The number of hydrogen-bond donors (Lipinski definition) is 2. The minimum absolute atomic E-state index is 0.162. The van der Waals surface area contributed by atoms with Crippen molar-refractivity contribution in [3.05, 3.63) is 95.6 Å². The smallest absolute Gasteiger partial charge is 0.336 e. The Morgan fingerprint density at radius 2 is 1.55 bits per heavy atom. The number of carboxylic acid groups (broad SMARTS) is 2. The van der Waals surface area contributed by atoms with E-state index in [1.54, 1.807) is 61.7 Å². The number of carboxylic acids is 2. The fourth-order valence-corrected chi connectivity index (χ4v) is 3.64. The van der Waals surface area contributed by atoms with Gasteiger partial charge in [-0.05, 0) is 72.5 Å². The summed E-state index contributed by atoms with van der Waals surface area (Å²) < 4.78 is 21.9. The van der Waals surface area contributed by atoms with Gasteiger partial charge in [0.05, 0.1) is 20.1 Å².